The van der Waals surface area contributed by atoms with Crippen LogP contribution in [0.3, 0.4) is 0 Å². The van der Waals surface area contributed by atoms with E-state index in [4.69, 9.17) is 31.8 Å². The molecule has 3 heterocycles. The number of nitrogens with zero attached hydrogens (tertiary/aromatic N) is 3. The van der Waals surface area contributed by atoms with Crippen LogP contribution in [-0.2, 0) is 15.1 Å². The molecule has 180 valence electrons. The lowest BCUT2D eigenvalue weighted by atomic mass is 9.86. The standard InChI is InChI=1S/C24H28ClN5O4/c1-14-9-16(7-8-34-14)30-20(31)11-24(2,29-23(30)26)18-5-4-6-19(21(18)25)28-22(32)15-10-17(33-3)13-27-12-15/h4-6,10,12-14,16H,7-9,11H2,1-3H3,(H2,26,29)(H,28,32)/t14-,16-,24+/m1/s1. The van der Waals surface area contributed by atoms with Crippen molar-refractivity contribution in [2.24, 2.45) is 10.7 Å². The Hall–Kier alpha value is -3.17. The van der Waals surface area contributed by atoms with Crippen LogP contribution in [0.4, 0.5) is 5.69 Å². The smallest absolute Gasteiger partial charge is 0.257 e. The third-order valence-electron chi connectivity index (χ3n) is 6.23. The van der Waals surface area contributed by atoms with Crippen LogP contribution in [0, 0.1) is 0 Å². The highest BCUT2D eigenvalue weighted by Crippen LogP contribution is 2.41. The summed E-state index contributed by atoms with van der Waals surface area (Å²) in [5.74, 6) is 0.139. The van der Waals surface area contributed by atoms with Crippen LogP contribution in [0.1, 0.15) is 49.0 Å². The third-order valence-corrected chi connectivity index (χ3v) is 6.64. The van der Waals surface area contributed by atoms with Gasteiger partial charge in [-0.05, 0) is 38.8 Å². The van der Waals surface area contributed by atoms with Crippen LogP contribution in [0.2, 0.25) is 5.02 Å². The number of guanidine groups is 1. The fraction of sp³-hybridized carbons (Fsp3) is 0.417. The summed E-state index contributed by atoms with van der Waals surface area (Å²) < 4.78 is 10.7. The molecule has 0 spiro atoms. The van der Waals surface area contributed by atoms with E-state index in [-0.39, 0.29) is 30.4 Å². The number of benzene rings is 1. The Kier molecular flexibility index (Phi) is 6.77. The van der Waals surface area contributed by atoms with Gasteiger partial charge in [-0.25, -0.2) is 4.99 Å². The van der Waals surface area contributed by atoms with Gasteiger partial charge in [0.05, 0.1) is 47.6 Å². The molecule has 9 nitrogen and oxygen atoms in total. The van der Waals surface area contributed by atoms with E-state index < -0.39 is 11.4 Å². The second-order valence-electron chi connectivity index (χ2n) is 8.78. The van der Waals surface area contributed by atoms with E-state index in [9.17, 15) is 9.59 Å². The molecular formula is C24H28ClN5O4. The maximum absolute atomic E-state index is 13.2. The van der Waals surface area contributed by atoms with Gasteiger partial charge in [0.25, 0.3) is 5.91 Å². The van der Waals surface area contributed by atoms with E-state index in [1.54, 1.807) is 29.2 Å². The minimum atomic E-state index is -0.968. The predicted octanol–water partition coefficient (Wildman–Crippen LogP) is 3.33. The number of hydrogen-bond acceptors (Lipinski definition) is 7. The van der Waals surface area contributed by atoms with Gasteiger partial charge in [-0.15, -0.1) is 0 Å². The molecule has 1 aromatic heterocycles. The number of nitrogens with two attached hydrogens (primary N) is 1. The summed E-state index contributed by atoms with van der Waals surface area (Å²) in [6.07, 6.45) is 4.54. The molecule has 3 atom stereocenters. The van der Waals surface area contributed by atoms with Crippen LogP contribution in [-0.4, -0.2) is 53.5 Å². The molecule has 0 saturated carbocycles. The number of rotatable bonds is 5. The topological polar surface area (TPSA) is 119 Å². The number of ether oxygens (including phenoxy) is 2. The normalized spacial score (nSPS) is 25.0. The monoisotopic (exact) mass is 485 g/mol. The molecule has 1 saturated heterocycles. The largest absolute Gasteiger partial charge is 0.495 e. The van der Waals surface area contributed by atoms with Gasteiger partial charge < -0.3 is 20.5 Å². The molecule has 1 aromatic carbocycles. The number of pyridine rings is 1. The Morgan fingerprint density at radius 1 is 1.38 bits per heavy atom. The van der Waals surface area contributed by atoms with Gasteiger partial charge in [0, 0.05) is 24.4 Å². The molecule has 3 N–H and O–H groups in total. The molecule has 0 bridgehead atoms. The number of carbonyl (C=O) groups is 2. The van der Waals surface area contributed by atoms with Gasteiger partial charge in [0.15, 0.2) is 5.96 Å². The summed E-state index contributed by atoms with van der Waals surface area (Å²) in [5.41, 5.74) is 6.67. The van der Waals surface area contributed by atoms with Crippen LogP contribution >= 0.6 is 11.6 Å². The first-order chi connectivity index (χ1) is 16.2. The zero-order valence-electron chi connectivity index (χ0n) is 19.4. The zero-order chi connectivity index (χ0) is 24.5. The first-order valence-electron chi connectivity index (χ1n) is 11.1. The molecule has 0 unspecified atom stereocenters. The fourth-order valence-electron chi connectivity index (χ4n) is 4.50. The summed E-state index contributed by atoms with van der Waals surface area (Å²) in [6.45, 7) is 4.39. The molecule has 2 aliphatic rings. The first kappa shape index (κ1) is 24.0. The number of nitrogens with one attached hydrogen (secondary N) is 1. The average Bonchev–Trinajstić information content (AvgIpc) is 2.80. The highest BCUT2D eigenvalue weighted by molar-refractivity contribution is 6.35. The highest BCUT2D eigenvalue weighted by Gasteiger charge is 2.42. The van der Waals surface area contributed by atoms with E-state index in [0.717, 1.165) is 0 Å². The Balaban J connectivity index is 1.60. The van der Waals surface area contributed by atoms with Crippen LogP contribution in [0.25, 0.3) is 0 Å². The second-order valence-corrected chi connectivity index (χ2v) is 9.16. The number of halogens is 1. The van der Waals surface area contributed by atoms with Crippen LogP contribution in [0.5, 0.6) is 5.75 Å². The molecule has 1 fully saturated rings. The van der Waals surface area contributed by atoms with Crippen molar-refractivity contribution < 1.29 is 19.1 Å². The quantitative estimate of drug-likeness (QED) is 0.670. The molecule has 0 radical (unpaired) electrons. The summed E-state index contributed by atoms with van der Waals surface area (Å²) in [6, 6.07) is 6.78. The number of hydrogen-bond donors (Lipinski definition) is 2. The molecule has 0 aliphatic carbocycles. The van der Waals surface area contributed by atoms with Crippen molar-refractivity contribution in [2.45, 2.75) is 50.8 Å². The van der Waals surface area contributed by atoms with Crippen molar-refractivity contribution in [3.63, 3.8) is 0 Å². The van der Waals surface area contributed by atoms with Gasteiger partial charge in [0.2, 0.25) is 5.91 Å². The molecule has 34 heavy (non-hydrogen) atoms. The molecular weight excluding hydrogens is 458 g/mol. The third kappa shape index (κ3) is 4.71. The number of aromatic nitrogens is 1. The predicted molar refractivity (Wildman–Crippen MR) is 129 cm³/mol. The van der Waals surface area contributed by atoms with Gasteiger partial charge in [-0.1, -0.05) is 23.7 Å². The van der Waals surface area contributed by atoms with E-state index >= 15 is 0 Å². The summed E-state index contributed by atoms with van der Waals surface area (Å²) in [5, 5.41) is 3.10. The number of methoxy groups -OCH3 is 1. The van der Waals surface area contributed by atoms with E-state index in [2.05, 4.69) is 10.3 Å². The van der Waals surface area contributed by atoms with E-state index in [1.165, 1.54) is 19.5 Å². The summed E-state index contributed by atoms with van der Waals surface area (Å²) >= 11 is 6.71. The summed E-state index contributed by atoms with van der Waals surface area (Å²) in [4.78, 5) is 36.3. The van der Waals surface area contributed by atoms with Gasteiger partial charge in [0.1, 0.15) is 5.75 Å². The number of carbonyl (C=O) groups excluding carboxylic acids is 2. The number of aliphatic imine (C=N–C) groups is 1. The maximum atomic E-state index is 13.2. The van der Waals surface area contributed by atoms with Gasteiger partial charge >= 0.3 is 0 Å². The minimum Gasteiger partial charge on any atom is -0.495 e. The SMILES string of the molecule is COc1cncc(C(=O)Nc2cccc([C@]3(C)CC(=O)N([C@@H]4CCO[C@H](C)C4)C(N)=N3)c2Cl)c1. The molecule has 4 rings (SSSR count). The summed E-state index contributed by atoms with van der Waals surface area (Å²) in [7, 11) is 1.50. The van der Waals surface area contributed by atoms with Crippen molar-refractivity contribution in [3.05, 3.63) is 52.8 Å². The highest BCUT2D eigenvalue weighted by atomic mass is 35.5. The number of anilines is 1. The Morgan fingerprint density at radius 2 is 2.18 bits per heavy atom. The Bertz CT molecular complexity index is 1140. The lowest BCUT2D eigenvalue weighted by Crippen LogP contribution is -2.56. The van der Waals surface area contributed by atoms with Gasteiger partial charge in [-0.3, -0.25) is 19.5 Å². The van der Waals surface area contributed by atoms with E-state index in [0.29, 0.717) is 47.0 Å². The molecule has 10 heteroatoms. The first-order valence-corrected chi connectivity index (χ1v) is 11.5. The van der Waals surface area contributed by atoms with Crippen LogP contribution < -0.4 is 15.8 Å². The van der Waals surface area contributed by atoms with Crippen molar-refractivity contribution in [1.82, 2.24) is 9.88 Å². The minimum absolute atomic E-state index is 0.0397. The van der Waals surface area contributed by atoms with Crippen molar-refractivity contribution in [1.29, 1.82) is 0 Å². The van der Waals surface area contributed by atoms with Gasteiger partial charge in [-0.2, -0.15) is 0 Å². The molecule has 2 aromatic rings. The van der Waals surface area contributed by atoms with Crippen molar-refractivity contribution in [3.8, 4) is 5.75 Å². The lowest BCUT2D eigenvalue weighted by Gasteiger charge is -2.41. The Labute approximate surface area is 203 Å². The second kappa shape index (κ2) is 9.60. The fourth-order valence-corrected chi connectivity index (χ4v) is 4.88. The van der Waals surface area contributed by atoms with Crippen molar-refractivity contribution >= 4 is 35.1 Å². The maximum Gasteiger partial charge on any atom is 0.257 e. The van der Waals surface area contributed by atoms with Crippen LogP contribution in [0.15, 0.2) is 41.7 Å². The Morgan fingerprint density at radius 3 is 2.88 bits per heavy atom. The van der Waals surface area contributed by atoms with E-state index in [1.807, 2.05) is 13.8 Å². The van der Waals surface area contributed by atoms with Crippen molar-refractivity contribution in [2.75, 3.05) is 19.0 Å². The lowest BCUT2D eigenvalue weighted by molar-refractivity contribution is -0.133. The molecule has 2 aliphatic heterocycles. The zero-order valence-corrected chi connectivity index (χ0v) is 20.1. The average molecular weight is 486 g/mol. The number of amides is 2. The molecule has 2 amide bonds.